The monoisotopic (exact) mass is 300 g/mol. The fourth-order valence-electron chi connectivity index (χ4n) is 1.40. The smallest absolute Gasteiger partial charge is 0.204 e. The Morgan fingerprint density at radius 3 is 2.60 bits per heavy atom. The molecule has 0 fully saturated rings. The molecule has 0 aliphatic heterocycles. The summed E-state index contributed by atoms with van der Waals surface area (Å²) in [5, 5.41) is 1.96. The summed E-state index contributed by atoms with van der Waals surface area (Å²) < 4.78 is 1.01. The summed E-state index contributed by atoms with van der Waals surface area (Å²) in [6.45, 7) is 3.95. The van der Waals surface area contributed by atoms with Gasteiger partial charge in [-0.25, -0.2) is 0 Å². The summed E-state index contributed by atoms with van der Waals surface area (Å²) in [5.41, 5.74) is 1.88. The maximum atomic E-state index is 12.2. The highest BCUT2D eigenvalue weighted by molar-refractivity contribution is 9.11. The fraction of sp³-hybridized carbons (Fsp3) is 0.182. The van der Waals surface area contributed by atoms with E-state index < -0.39 is 0 Å². The van der Waals surface area contributed by atoms with Gasteiger partial charge in [0.05, 0.1) is 8.66 Å². The Bertz CT molecular complexity index is 510. The minimum Gasteiger partial charge on any atom is -0.288 e. The zero-order valence-corrected chi connectivity index (χ0v) is 11.6. The number of halogens is 1. The number of hydrogen-bond donors (Lipinski definition) is 0. The first-order valence-corrected chi connectivity index (χ1v) is 6.93. The topological polar surface area (TPSA) is 17.1 Å². The third-order valence-corrected chi connectivity index (χ3v) is 4.77. The Morgan fingerprint density at radius 1 is 1.40 bits per heavy atom. The molecule has 2 aromatic heterocycles. The first-order chi connectivity index (χ1) is 7.09. The van der Waals surface area contributed by atoms with E-state index in [4.69, 9.17) is 0 Å². The van der Waals surface area contributed by atoms with E-state index in [1.54, 1.807) is 11.3 Å². The normalized spacial score (nSPS) is 10.6. The van der Waals surface area contributed by atoms with Crippen molar-refractivity contribution in [2.75, 3.05) is 0 Å². The number of carbonyl (C=O) groups is 1. The van der Waals surface area contributed by atoms with Crippen LogP contribution >= 0.6 is 38.6 Å². The molecule has 0 aromatic carbocycles. The summed E-state index contributed by atoms with van der Waals surface area (Å²) in [5.74, 6) is 0.141. The van der Waals surface area contributed by atoms with Crippen LogP contribution in [0, 0.1) is 13.8 Å². The van der Waals surface area contributed by atoms with Gasteiger partial charge in [0, 0.05) is 10.4 Å². The molecule has 0 saturated carbocycles. The van der Waals surface area contributed by atoms with Gasteiger partial charge in [-0.1, -0.05) is 0 Å². The van der Waals surface area contributed by atoms with Crippen LogP contribution in [0.3, 0.4) is 0 Å². The van der Waals surface area contributed by atoms with Crippen molar-refractivity contribution in [1.82, 2.24) is 0 Å². The Morgan fingerprint density at radius 2 is 2.13 bits per heavy atom. The highest BCUT2D eigenvalue weighted by atomic mass is 79.9. The fourth-order valence-corrected chi connectivity index (χ4v) is 3.97. The lowest BCUT2D eigenvalue weighted by Crippen LogP contribution is -1.99. The van der Waals surface area contributed by atoms with Crippen LogP contribution in [0.15, 0.2) is 21.3 Å². The molecule has 78 valence electrons. The van der Waals surface area contributed by atoms with Crippen molar-refractivity contribution < 1.29 is 4.79 Å². The van der Waals surface area contributed by atoms with Crippen molar-refractivity contribution >= 4 is 44.4 Å². The molecule has 0 amide bonds. The van der Waals surface area contributed by atoms with E-state index in [1.807, 2.05) is 31.4 Å². The van der Waals surface area contributed by atoms with E-state index in [2.05, 4.69) is 15.9 Å². The second kappa shape index (κ2) is 4.20. The SMILES string of the molecule is Cc1ccsc1C(=O)c1cc(Br)sc1C. The van der Waals surface area contributed by atoms with Crippen LogP contribution in [-0.4, -0.2) is 5.78 Å². The van der Waals surface area contributed by atoms with Gasteiger partial charge < -0.3 is 0 Å². The standard InChI is InChI=1S/C11H9BrOS2/c1-6-3-4-14-11(6)10(13)8-5-9(12)15-7(8)2/h3-5H,1-2H3. The molecule has 0 unspecified atom stereocenters. The van der Waals surface area contributed by atoms with Gasteiger partial charge in [0.15, 0.2) is 0 Å². The number of hydrogen-bond acceptors (Lipinski definition) is 3. The average molecular weight is 301 g/mol. The molecule has 15 heavy (non-hydrogen) atoms. The second-order valence-corrected chi connectivity index (χ2v) is 6.83. The zero-order valence-electron chi connectivity index (χ0n) is 8.33. The molecule has 1 nitrogen and oxygen atoms in total. The maximum absolute atomic E-state index is 12.2. The van der Waals surface area contributed by atoms with E-state index in [0.717, 1.165) is 24.7 Å². The van der Waals surface area contributed by atoms with Crippen LogP contribution in [0.25, 0.3) is 0 Å². The van der Waals surface area contributed by atoms with Crippen LogP contribution in [0.5, 0.6) is 0 Å². The van der Waals surface area contributed by atoms with Gasteiger partial charge in [0.2, 0.25) is 5.78 Å². The summed E-state index contributed by atoms with van der Waals surface area (Å²) in [4.78, 5) is 14.1. The predicted molar refractivity (Wildman–Crippen MR) is 69.2 cm³/mol. The molecule has 0 spiro atoms. The minimum absolute atomic E-state index is 0.141. The lowest BCUT2D eigenvalue weighted by molar-refractivity contribution is 0.104. The molecule has 0 aliphatic carbocycles. The van der Waals surface area contributed by atoms with Crippen molar-refractivity contribution in [3.8, 4) is 0 Å². The lowest BCUT2D eigenvalue weighted by Gasteiger charge is -1.97. The Labute approximate surface area is 105 Å². The van der Waals surface area contributed by atoms with Crippen LogP contribution in [-0.2, 0) is 0 Å². The Hall–Kier alpha value is -0.450. The first-order valence-electron chi connectivity index (χ1n) is 4.44. The summed E-state index contributed by atoms with van der Waals surface area (Å²) in [7, 11) is 0. The molecule has 0 N–H and O–H groups in total. The van der Waals surface area contributed by atoms with E-state index >= 15 is 0 Å². The van der Waals surface area contributed by atoms with Crippen LogP contribution < -0.4 is 0 Å². The van der Waals surface area contributed by atoms with Crippen LogP contribution in [0.1, 0.15) is 25.7 Å². The molecule has 0 radical (unpaired) electrons. The van der Waals surface area contributed by atoms with Gasteiger partial charge in [-0.15, -0.1) is 22.7 Å². The molecule has 0 aliphatic rings. The molecular weight excluding hydrogens is 292 g/mol. The molecule has 0 atom stereocenters. The summed E-state index contributed by atoms with van der Waals surface area (Å²) in [6.07, 6.45) is 0. The largest absolute Gasteiger partial charge is 0.288 e. The van der Waals surface area contributed by atoms with E-state index in [1.165, 1.54) is 11.3 Å². The molecular formula is C11H9BrOS2. The number of aryl methyl sites for hydroxylation is 2. The molecule has 4 heteroatoms. The number of carbonyl (C=O) groups excluding carboxylic acids is 1. The number of rotatable bonds is 2. The lowest BCUT2D eigenvalue weighted by atomic mass is 10.1. The summed E-state index contributed by atoms with van der Waals surface area (Å²) in [6, 6.07) is 3.89. The first kappa shape index (κ1) is 11.0. The van der Waals surface area contributed by atoms with Crippen LogP contribution in [0.4, 0.5) is 0 Å². The molecule has 2 rings (SSSR count). The highest BCUT2D eigenvalue weighted by Gasteiger charge is 2.17. The second-order valence-electron chi connectivity index (χ2n) is 3.28. The molecule has 0 saturated heterocycles. The third-order valence-electron chi connectivity index (χ3n) is 2.20. The van der Waals surface area contributed by atoms with Crippen LogP contribution in [0.2, 0.25) is 0 Å². The van der Waals surface area contributed by atoms with Crippen molar-refractivity contribution in [3.63, 3.8) is 0 Å². The molecule has 2 heterocycles. The highest BCUT2D eigenvalue weighted by Crippen LogP contribution is 2.30. The Kier molecular flexibility index (Phi) is 3.09. The van der Waals surface area contributed by atoms with E-state index in [9.17, 15) is 4.79 Å². The third kappa shape index (κ3) is 2.07. The summed E-state index contributed by atoms with van der Waals surface area (Å²) >= 11 is 6.51. The van der Waals surface area contributed by atoms with Gasteiger partial charge in [-0.05, 0) is 52.9 Å². The minimum atomic E-state index is 0.141. The number of thiophene rings is 2. The van der Waals surface area contributed by atoms with Crippen molar-refractivity contribution in [2.24, 2.45) is 0 Å². The van der Waals surface area contributed by atoms with E-state index in [-0.39, 0.29) is 5.78 Å². The van der Waals surface area contributed by atoms with Crippen molar-refractivity contribution in [2.45, 2.75) is 13.8 Å². The molecule has 0 bridgehead atoms. The van der Waals surface area contributed by atoms with Gasteiger partial charge in [0.1, 0.15) is 0 Å². The van der Waals surface area contributed by atoms with Gasteiger partial charge >= 0.3 is 0 Å². The maximum Gasteiger partial charge on any atom is 0.204 e. The van der Waals surface area contributed by atoms with Gasteiger partial charge in [-0.3, -0.25) is 4.79 Å². The quantitative estimate of drug-likeness (QED) is 0.750. The number of ketones is 1. The Balaban J connectivity index is 2.45. The van der Waals surface area contributed by atoms with E-state index in [0.29, 0.717) is 0 Å². The van der Waals surface area contributed by atoms with Crippen molar-refractivity contribution in [3.05, 3.63) is 42.2 Å². The van der Waals surface area contributed by atoms with Crippen molar-refractivity contribution in [1.29, 1.82) is 0 Å². The van der Waals surface area contributed by atoms with Gasteiger partial charge in [0.25, 0.3) is 0 Å². The average Bonchev–Trinajstić information content (AvgIpc) is 2.71. The van der Waals surface area contributed by atoms with Gasteiger partial charge in [-0.2, -0.15) is 0 Å². The zero-order chi connectivity index (χ0) is 11.0. The predicted octanol–water partition coefficient (Wildman–Crippen LogP) is 4.42. The molecule has 2 aromatic rings.